The Morgan fingerprint density at radius 1 is 1.11 bits per heavy atom. The van der Waals surface area contributed by atoms with Crippen molar-refractivity contribution in [1.82, 2.24) is 10.3 Å². The van der Waals surface area contributed by atoms with E-state index in [1.807, 2.05) is 73.7 Å². The van der Waals surface area contributed by atoms with Gasteiger partial charge >= 0.3 is 0 Å². The molecule has 2 aromatic carbocycles. The molecule has 5 heteroatoms. The fourth-order valence-corrected chi connectivity index (χ4v) is 2.94. The van der Waals surface area contributed by atoms with Crippen LogP contribution in [0.3, 0.4) is 0 Å². The Bertz CT molecular complexity index is 882. The summed E-state index contributed by atoms with van der Waals surface area (Å²) in [6.45, 7) is 2.38. The zero-order valence-corrected chi connectivity index (χ0v) is 16.6. The lowest BCUT2D eigenvalue weighted by Crippen LogP contribution is -2.28. The van der Waals surface area contributed by atoms with Crippen LogP contribution in [0, 0.1) is 0 Å². The van der Waals surface area contributed by atoms with Gasteiger partial charge in [-0.15, -0.1) is 0 Å². The first-order valence-corrected chi connectivity index (χ1v) is 9.56. The molecule has 0 radical (unpaired) electrons. The third-order valence-corrected chi connectivity index (χ3v) is 4.66. The predicted octanol–water partition coefficient (Wildman–Crippen LogP) is 4.84. The van der Waals surface area contributed by atoms with Gasteiger partial charge in [0.15, 0.2) is 0 Å². The van der Waals surface area contributed by atoms with Gasteiger partial charge in [0.05, 0.1) is 18.2 Å². The molecule has 1 unspecified atom stereocenters. The van der Waals surface area contributed by atoms with Crippen LogP contribution in [0.5, 0.6) is 5.75 Å². The van der Waals surface area contributed by atoms with Crippen molar-refractivity contribution in [3.05, 3.63) is 94.2 Å². The number of pyridine rings is 1. The van der Waals surface area contributed by atoms with Crippen LogP contribution in [-0.4, -0.2) is 10.9 Å². The van der Waals surface area contributed by atoms with Crippen molar-refractivity contribution >= 4 is 21.8 Å². The third-order valence-electron chi connectivity index (χ3n) is 4.13. The quantitative estimate of drug-likeness (QED) is 0.589. The zero-order valence-electron chi connectivity index (χ0n) is 15.1. The zero-order chi connectivity index (χ0) is 19.1. The lowest BCUT2D eigenvalue weighted by Gasteiger charge is -2.16. The molecular weight excluding hydrogens is 404 g/mol. The summed E-state index contributed by atoms with van der Waals surface area (Å²) in [6.07, 6.45) is 2.10. The second kappa shape index (κ2) is 9.33. The molecule has 1 N–H and O–H groups in total. The second-order valence-electron chi connectivity index (χ2n) is 6.27. The number of ether oxygens (including phenoxy) is 1. The molecule has 0 aliphatic rings. The molecule has 3 rings (SSSR count). The van der Waals surface area contributed by atoms with Gasteiger partial charge in [0.1, 0.15) is 12.4 Å². The van der Waals surface area contributed by atoms with E-state index in [0.717, 1.165) is 27.0 Å². The number of benzene rings is 2. The van der Waals surface area contributed by atoms with E-state index in [4.69, 9.17) is 4.74 Å². The maximum atomic E-state index is 12.3. The number of aromatic nitrogens is 1. The monoisotopic (exact) mass is 424 g/mol. The number of rotatable bonds is 7. The average Bonchev–Trinajstić information content (AvgIpc) is 2.69. The van der Waals surface area contributed by atoms with Crippen molar-refractivity contribution in [2.75, 3.05) is 0 Å². The largest absolute Gasteiger partial charge is 0.487 e. The van der Waals surface area contributed by atoms with Crippen LogP contribution in [-0.2, 0) is 17.8 Å². The van der Waals surface area contributed by atoms with Gasteiger partial charge in [0.25, 0.3) is 0 Å². The van der Waals surface area contributed by atoms with E-state index >= 15 is 0 Å². The molecule has 0 spiro atoms. The van der Waals surface area contributed by atoms with Gasteiger partial charge in [-0.1, -0.05) is 46.3 Å². The van der Waals surface area contributed by atoms with E-state index in [1.54, 1.807) is 6.20 Å². The molecule has 3 aromatic rings. The Morgan fingerprint density at radius 2 is 1.93 bits per heavy atom. The van der Waals surface area contributed by atoms with Crippen LogP contribution >= 0.6 is 15.9 Å². The number of nitrogens with zero attached hydrogens (tertiary/aromatic N) is 1. The van der Waals surface area contributed by atoms with Gasteiger partial charge in [-0.05, 0) is 54.4 Å². The molecule has 1 amide bonds. The fourth-order valence-electron chi connectivity index (χ4n) is 2.68. The van der Waals surface area contributed by atoms with Crippen molar-refractivity contribution in [3.8, 4) is 5.75 Å². The Labute approximate surface area is 167 Å². The first-order valence-electron chi connectivity index (χ1n) is 8.76. The molecule has 4 nitrogen and oxygen atoms in total. The molecule has 1 aromatic heterocycles. The molecule has 0 bridgehead atoms. The van der Waals surface area contributed by atoms with Crippen LogP contribution < -0.4 is 10.1 Å². The highest BCUT2D eigenvalue weighted by atomic mass is 79.9. The summed E-state index contributed by atoms with van der Waals surface area (Å²) in [5.74, 6) is 0.747. The van der Waals surface area contributed by atoms with Crippen LogP contribution in [0.25, 0.3) is 0 Å². The Kier molecular flexibility index (Phi) is 6.60. The smallest absolute Gasteiger partial charge is 0.224 e. The molecule has 0 fully saturated rings. The minimum Gasteiger partial charge on any atom is -0.487 e. The van der Waals surface area contributed by atoms with Gasteiger partial charge in [-0.3, -0.25) is 9.78 Å². The minimum atomic E-state index is -0.105. The summed E-state index contributed by atoms with van der Waals surface area (Å²) in [7, 11) is 0. The van der Waals surface area contributed by atoms with Crippen molar-refractivity contribution in [2.45, 2.75) is 26.0 Å². The predicted molar refractivity (Wildman–Crippen MR) is 109 cm³/mol. The lowest BCUT2D eigenvalue weighted by atomic mass is 10.1. The van der Waals surface area contributed by atoms with E-state index in [2.05, 4.69) is 26.2 Å². The lowest BCUT2D eigenvalue weighted by molar-refractivity contribution is -0.121. The summed E-state index contributed by atoms with van der Waals surface area (Å²) in [4.78, 5) is 16.6. The number of carbonyl (C=O) groups excluding carboxylic acids is 1. The van der Waals surface area contributed by atoms with Crippen LogP contribution in [0.4, 0.5) is 0 Å². The van der Waals surface area contributed by atoms with Gasteiger partial charge < -0.3 is 10.1 Å². The maximum absolute atomic E-state index is 12.3. The minimum absolute atomic E-state index is 0.00960. The number of halogens is 1. The average molecular weight is 425 g/mol. The Morgan fingerprint density at radius 3 is 2.67 bits per heavy atom. The Hall–Kier alpha value is -2.66. The maximum Gasteiger partial charge on any atom is 0.224 e. The highest BCUT2D eigenvalue weighted by molar-refractivity contribution is 9.10. The number of nitrogens with one attached hydrogen (secondary N) is 1. The van der Waals surface area contributed by atoms with Crippen LogP contribution in [0.2, 0.25) is 0 Å². The van der Waals surface area contributed by atoms with Crippen molar-refractivity contribution in [2.24, 2.45) is 0 Å². The normalized spacial score (nSPS) is 11.6. The van der Waals surface area contributed by atoms with Gasteiger partial charge in [-0.2, -0.15) is 0 Å². The van der Waals surface area contributed by atoms with Crippen LogP contribution in [0.15, 0.2) is 77.4 Å². The number of amides is 1. The van der Waals surface area contributed by atoms with E-state index in [1.165, 1.54) is 0 Å². The highest BCUT2D eigenvalue weighted by Gasteiger charge is 2.11. The van der Waals surface area contributed by atoms with E-state index in [-0.39, 0.29) is 11.9 Å². The molecule has 0 aliphatic carbocycles. The Balaban J connectivity index is 1.56. The van der Waals surface area contributed by atoms with Gasteiger partial charge in [0.2, 0.25) is 5.91 Å². The van der Waals surface area contributed by atoms with Gasteiger partial charge in [0, 0.05) is 10.7 Å². The van der Waals surface area contributed by atoms with Crippen molar-refractivity contribution < 1.29 is 9.53 Å². The molecule has 1 heterocycles. The third kappa shape index (κ3) is 5.93. The fraction of sp³-hybridized carbons (Fsp3) is 0.182. The molecule has 0 saturated carbocycles. The molecule has 1 atom stereocenters. The number of carbonyl (C=O) groups is 1. The number of hydrogen-bond acceptors (Lipinski definition) is 3. The summed E-state index contributed by atoms with van der Waals surface area (Å²) < 4.78 is 6.82. The number of hydrogen-bond donors (Lipinski definition) is 1. The summed E-state index contributed by atoms with van der Waals surface area (Å²) in [5.41, 5.74) is 2.85. The van der Waals surface area contributed by atoms with E-state index in [9.17, 15) is 4.79 Å². The van der Waals surface area contributed by atoms with Gasteiger partial charge in [-0.25, -0.2) is 0 Å². The first kappa shape index (κ1) is 19.1. The summed E-state index contributed by atoms with van der Waals surface area (Å²) >= 11 is 3.40. The molecule has 138 valence electrons. The summed E-state index contributed by atoms with van der Waals surface area (Å²) in [6, 6.07) is 21.2. The summed E-state index contributed by atoms with van der Waals surface area (Å²) in [5, 5.41) is 3.04. The van der Waals surface area contributed by atoms with Crippen LogP contribution in [0.1, 0.15) is 29.8 Å². The molecule has 0 saturated heterocycles. The first-order chi connectivity index (χ1) is 13.1. The molecular formula is C22H21BrN2O2. The topological polar surface area (TPSA) is 51.2 Å². The highest BCUT2D eigenvalue weighted by Crippen LogP contribution is 2.20. The standard InChI is InChI=1S/C22H21BrN2O2/c1-16(25-22(26)13-17-8-10-19(23)11-9-17)18-5-4-7-21(14-18)27-15-20-6-2-3-12-24-20/h2-12,14,16H,13,15H2,1H3,(H,25,26). The van der Waals surface area contributed by atoms with Crippen molar-refractivity contribution in [1.29, 1.82) is 0 Å². The van der Waals surface area contributed by atoms with E-state index in [0.29, 0.717) is 13.0 Å². The SMILES string of the molecule is CC(NC(=O)Cc1ccc(Br)cc1)c1cccc(OCc2ccccn2)c1. The molecule has 27 heavy (non-hydrogen) atoms. The van der Waals surface area contributed by atoms with E-state index < -0.39 is 0 Å². The van der Waals surface area contributed by atoms with Crippen molar-refractivity contribution in [3.63, 3.8) is 0 Å². The molecule has 0 aliphatic heterocycles. The second-order valence-corrected chi connectivity index (χ2v) is 7.19.